The van der Waals surface area contributed by atoms with Crippen molar-refractivity contribution in [1.29, 1.82) is 5.26 Å². The Morgan fingerprint density at radius 2 is 2.19 bits per heavy atom. The van der Waals surface area contributed by atoms with Gasteiger partial charge in [0.15, 0.2) is 0 Å². The summed E-state index contributed by atoms with van der Waals surface area (Å²) in [6.07, 6.45) is 0.816. The maximum Gasteiger partial charge on any atom is 0.124 e. The molecule has 1 unspecified atom stereocenters. The van der Waals surface area contributed by atoms with Crippen LogP contribution in [0.4, 0.5) is 10.1 Å². The summed E-state index contributed by atoms with van der Waals surface area (Å²) >= 11 is 3.44. The van der Waals surface area contributed by atoms with Crippen LogP contribution >= 0.6 is 15.9 Å². The van der Waals surface area contributed by atoms with E-state index in [1.165, 1.54) is 12.1 Å². The topological polar surface area (TPSA) is 45.0 Å². The van der Waals surface area contributed by atoms with Crippen LogP contribution in [0.1, 0.15) is 11.1 Å². The minimum atomic E-state index is -0.411. The van der Waals surface area contributed by atoms with Crippen molar-refractivity contribution in [2.45, 2.75) is 12.5 Å². The summed E-state index contributed by atoms with van der Waals surface area (Å²) < 4.78 is 20.0. The van der Waals surface area contributed by atoms with Gasteiger partial charge in [-0.05, 0) is 42.0 Å². The van der Waals surface area contributed by atoms with Crippen LogP contribution in [0.3, 0.4) is 0 Å². The molecule has 3 nitrogen and oxygen atoms in total. The number of nitrogens with zero attached hydrogens (tertiary/aromatic N) is 1. The summed E-state index contributed by atoms with van der Waals surface area (Å²) in [6.45, 7) is 0.562. The van der Waals surface area contributed by atoms with Gasteiger partial charge >= 0.3 is 0 Å². The second-order valence-corrected chi connectivity index (χ2v) is 5.79. The Balaban J connectivity index is 1.67. The molecule has 0 amide bonds. The lowest BCUT2D eigenvalue weighted by Gasteiger charge is -2.13. The zero-order valence-corrected chi connectivity index (χ0v) is 12.7. The Morgan fingerprint density at radius 3 is 3.00 bits per heavy atom. The zero-order chi connectivity index (χ0) is 14.8. The van der Waals surface area contributed by atoms with Crippen molar-refractivity contribution in [2.75, 3.05) is 11.9 Å². The molecule has 0 fully saturated rings. The lowest BCUT2D eigenvalue weighted by Crippen LogP contribution is -2.24. The van der Waals surface area contributed by atoms with Crippen molar-refractivity contribution in [3.63, 3.8) is 0 Å². The molecule has 0 saturated carbocycles. The van der Waals surface area contributed by atoms with E-state index in [4.69, 9.17) is 10.00 Å². The van der Waals surface area contributed by atoms with E-state index in [2.05, 4.69) is 21.2 Å². The molecule has 106 valence electrons. The molecule has 1 heterocycles. The smallest absolute Gasteiger partial charge is 0.124 e. The average Bonchev–Trinajstić information content (AvgIpc) is 2.87. The zero-order valence-electron chi connectivity index (χ0n) is 11.1. The largest absolute Gasteiger partial charge is 0.488 e. The van der Waals surface area contributed by atoms with Gasteiger partial charge in [0.2, 0.25) is 0 Å². The van der Waals surface area contributed by atoms with E-state index < -0.39 is 5.82 Å². The third-order valence-corrected chi connectivity index (χ3v) is 3.88. The SMILES string of the molecule is N#Cc1cc(F)ccc1NCC1Cc2cc(Br)ccc2O1. The first-order valence-corrected chi connectivity index (χ1v) is 7.33. The van der Waals surface area contributed by atoms with Gasteiger partial charge in [-0.25, -0.2) is 4.39 Å². The van der Waals surface area contributed by atoms with E-state index in [1.807, 2.05) is 24.3 Å². The monoisotopic (exact) mass is 346 g/mol. The third kappa shape index (κ3) is 3.01. The van der Waals surface area contributed by atoms with Crippen LogP contribution in [-0.2, 0) is 6.42 Å². The summed E-state index contributed by atoms with van der Waals surface area (Å²) in [5, 5.41) is 12.2. The molecular formula is C16H12BrFN2O. The Kier molecular flexibility index (Phi) is 3.80. The molecule has 1 atom stereocenters. The molecule has 0 saturated heterocycles. The highest BCUT2D eigenvalue weighted by molar-refractivity contribution is 9.10. The molecule has 0 spiro atoms. The molecule has 0 aliphatic carbocycles. The first-order chi connectivity index (χ1) is 10.2. The van der Waals surface area contributed by atoms with E-state index in [0.29, 0.717) is 17.8 Å². The fraction of sp³-hybridized carbons (Fsp3) is 0.188. The number of anilines is 1. The molecule has 0 bridgehead atoms. The molecule has 0 radical (unpaired) electrons. The van der Waals surface area contributed by atoms with Crippen LogP contribution < -0.4 is 10.1 Å². The van der Waals surface area contributed by atoms with Crippen LogP contribution in [0.15, 0.2) is 40.9 Å². The lowest BCUT2D eigenvalue weighted by atomic mass is 10.1. The van der Waals surface area contributed by atoms with Gasteiger partial charge in [0.05, 0.1) is 17.8 Å². The molecule has 1 N–H and O–H groups in total. The molecule has 2 aromatic carbocycles. The molecule has 0 aromatic heterocycles. The molecule has 1 aliphatic rings. The number of rotatable bonds is 3. The normalized spacial score (nSPS) is 16.0. The highest BCUT2D eigenvalue weighted by atomic mass is 79.9. The Hall–Kier alpha value is -2.06. The van der Waals surface area contributed by atoms with Crippen LogP contribution in [-0.4, -0.2) is 12.6 Å². The van der Waals surface area contributed by atoms with E-state index in [0.717, 1.165) is 22.2 Å². The maximum atomic E-state index is 13.1. The summed E-state index contributed by atoms with van der Waals surface area (Å²) in [4.78, 5) is 0. The summed E-state index contributed by atoms with van der Waals surface area (Å²) in [5.41, 5.74) is 2.09. The van der Waals surface area contributed by atoms with E-state index in [1.54, 1.807) is 6.07 Å². The van der Waals surface area contributed by atoms with Crippen molar-refractivity contribution >= 4 is 21.6 Å². The first kappa shape index (κ1) is 13.9. The maximum absolute atomic E-state index is 13.1. The number of hydrogen-bond acceptors (Lipinski definition) is 3. The highest BCUT2D eigenvalue weighted by Crippen LogP contribution is 2.31. The Morgan fingerprint density at radius 1 is 1.33 bits per heavy atom. The number of ether oxygens (including phenoxy) is 1. The summed E-state index contributed by atoms with van der Waals surface area (Å²) in [6, 6.07) is 12.1. The number of nitriles is 1. The average molecular weight is 347 g/mol. The van der Waals surface area contributed by atoms with Gasteiger partial charge < -0.3 is 10.1 Å². The molecule has 5 heteroatoms. The second-order valence-electron chi connectivity index (χ2n) is 4.88. The number of halogens is 2. The third-order valence-electron chi connectivity index (χ3n) is 3.39. The Labute approximate surface area is 130 Å². The van der Waals surface area contributed by atoms with E-state index in [-0.39, 0.29) is 6.10 Å². The van der Waals surface area contributed by atoms with Gasteiger partial charge in [-0.3, -0.25) is 0 Å². The highest BCUT2D eigenvalue weighted by Gasteiger charge is 2.22. The number of fused-ring (bicyclic) bond motifs is 1. The van der Waals surface area contributed by atoms with Crippen molar-refractivity contribution in [2.24, 2.45) is 0 Å². The van der Waals surface area contributed by atoms with Crippen LogP contribution in [0.5, 0.6) is 5.75 Å². The van der Waals surface area contributed by atoms with E-state index >= 15 is 0 Å². The standard InChI is InChI=1S/C16H12BrFN2O/c17-12-1-4-16-10(5-12)7-14(21-16)9-20-15-3-2-13(18)6-11(15)8-19/h1-6,14,20H,7,9H2. The fourth-order valence-corrected chi connectivity index (χ4v) is 2.80. The summed E-state index contributed by atoms with van der Waals surface area (Å²) in [5.74, 6) is 0.482. The van der Waals surface area contributed by atoms with Gasteiger partial charge in [-0.2, -0.15) is 5.26 Å². The van der Waals surface area contributed by atoms with Crippen LogP contribution in [0, 0.1) is 17.1 Å². The van der Waals surface area contributed by atoms with Crippen molar-refractivity contribution in [3.8, 4) is 11.8 Å². The minimum absolute atomic E-state index is 0.00546. The lowest BCUT2D eigenvalue weighted by molar-refractivity contribution is 0.246. The first-order valence-electron chi connectivity index (χ1n) is 6.54. The van der Waals surface area contributed by atoms with E-state index in [9.17, 15) is 4.39 Å². The van der Waals surface area contributed by atoms with Gasteiger partial charge in [0, 0.05) is 10.9 Å². The molecule has 2 aromatic rings. The molecule has 3 rings (SSSR count). The molecule has 1 aliphatic heterocycles. The Bertz CT molecular complexity index is 727. The van der Waals surface area contributed by atoms with Crippen LogP contribution in [0.25, 0.3) is 0 Å². The van der Waals surface area contributed by atoms with Crippen molar-refractivity contribution in [1.82, 2.24) is 0 Å². The second kappa shape index (κ2) is 5.74. The molecule has 21 heavy (non-hydrogen) atoms. The number of hydrogen-bond donors (Lipinski definition) is 1. The molecular weight excluding hydrogens is 335 g/mol. The predicted octanol–water partition coefficient (Wildman–Crippen LogP) is 3.88. The fourth-order valence-electron chi connectivity index (χ4n) is 2.39. The van der Waals surface area contributed by atoms with Gasteiger partial charge in [0.1, 0.15) is 23.7 Å². The predicted molar refractivity (Wildman–Crippen MR) is 81.9 cm³/mol. The number of nitrogens with one attached hydrogen (secondary N) is 1. The number of benzene rings is 2. The summed E-state index contributed by atoms with van der Waals surface area (Å²) in [7, 11) is 0. The van der Waals surface area contributed by atoms with Crippen molar-refractivity contribution in [3.05, 3.63) is 57.8 Å². The quantitative estimate of drug-likeness (QED) is 0.917. The minimum Gasteiger partial charge on any atom is -0.488 e. The van der Waals surface area contributed by atoms with Crippen molar-refractivity contribution < 1.29 is 9.13 Å². The van der Waals surface area contributed by atoms with Gasteiger partial charge in [0.25, 0.3) is 0 Å². The van der Waals surface area contributed by atoms with Gasteiger partial charge in [-0.15, -0.1) is 0 Å². The van der Waals surface area contributed by atoms with Gasteiger partial charge in [-0.1, -0.05) is 15.9 Å². The van der Waals surface area contributed by atoms with Crippen LogP contribution in [0.2, 0.25) is 0 Å².